The summed E-state index contributed by atoms with van der Waals surface area (Å²) in [5.41, 5.74) is 2.52. The van der Waals surface area contributed by atoms with Crippen molar-refractivity contribution in [1.82, 2.24) is 4.90 Å². The zero-order valence-electron chi connectivity index (χ0n) is 10.8. The minimum Gasteiger partial charge on any atom is -0.480 e. The van der Waals surface area contributed by atoms with E-state index >= 15 is 0 Å². The molecule has 0 heterocycles. The lowest BCUT2D eigenvalue weighted by atomic mass is 10.0. The van der Waals surface area contributed by atoms with Crippen LogP contribution in [0, 0.1) is 0 Å². The van der Waals surface area contributed by atoms with Gasteiger partial charge in [-0.25, -0.2) is 0 Å². The monoisotopic (exact) mass is 235 g/mol. The highest BCUT2D eigenvalue weighted by Crippen LogP contribution is 2.14. The number of carboxylic acid groups (broad SMARTS) is 1. The number of aryl methyl sites for hydroxylation is 1. The summed E-state index contributed by atoms with van der Waals surface area (Å²) >= 11 is 0. The molecule has 0 saturated heterocycles. The van der Waals surface area contributed by atoms with E-state index in [1.807, 2.05) is 30.9 Å². The van der Waals surface area contributed by atoms with Gasteiger partial charge in [0, 0.05) is 12.6 Å². The van der Waals surface area contributed by atoms with Gasteiger partial charge in [0.1, 0.15) is 0 Å². The van der Waals surface area contributed by atoms with Crippen LogP contribution in [0.3, 0.4) is 0 Å². The van der Waals surface area contributed by atoms with E-state index in [0.29, 0.717) is 6.54 Å². The molecule has 17 heavy (non-hydrogen) atoms. The number of carbonyl (C=O) groups is 1. The summed E-state index contributed by atoms with van der Waals surface area (Å²) in [5.74, 6) is -0.771. The minimum atomic E-state index is -0.771. The van der Waals surface area contributed by atoms with Crippen LogP contribution in [0.2, 0.25) is 0 Å². The molecule has 1 aromatic rings. The zero-order valence-corrected chi connectivity index (χ0v) is 10.8. The van der Waals surface area contributed by atoms with Crippen LogP contribution in [-0.4, -0.2) is 28.6 Å². The van der Waals surface area contributed by atoms with Crippen LogP contribution in [0.25, 0.3) is 0 Å². The Balaban J connectivity index is 2.81. The van der Waals surface area contributed by atoms with Gasteiger partial charge in [-0.05, 0) is 31.4 Å². The summed E-state index contributed by atoms with van der Waals surface area (Å²) in [6.45, 7) is 6.97. The average Bonchev–Trinajstić information content (AvgIpc) is 2.28. The van der Waals surface area contributed by atoms with Crippen molar-refractivity contribution < 1.29 is 9.90 Å². The Morgan fingerprint density at radius 3 is 2.35 bits per heavy atom. The molecule has 3 nitrogen and oxygen atoms in total. The van der Waals surface area contributed by atoms with E-state index in [2.05, 4.69) is 19.1 Å². The molecule has 3 heteroatoms. The Bertz CT molecular complexity index is 374. The van der Waals surface area contributed by atoms with E-state index < -0.39 is 5.97 Å². The standard InChI is InChI=1S/C14H21NO2/c1-4-12-7-5-6-8-13(12)9-15(11(2)3)10-14(16)17/h5-8,11H,4,9-10H2,1-3H3,(H,16,17). The van der Waals surface area contributed by atoms with E-state index in [1.165, 1.54) is 11.1 Å². The number of nitrogens with zero attached hydrogens (tertiary/aromatic N) is 1. The van der Waals surface area contributed by atoms with E-state index in [1.54, 1.807) is 0 Å². The van der Waals surface area contributed by atoms with Crippen molar-refractivity contribution in [1.29, 1.82) is 0 Å². The highest BCUT2D eigenvalue weighted by atomic mass is 16.4. The molecule has 0 radical (unpaired) electrons. The van der Waals surface area contributed by atoms with Crippen LogP contribution in [0.1, 0.15) is 31.9 Å². The van der Waals surface area contributed by atoms with Gasteiger partial charge in [0.2, 0.25) is 0 Å². The van der Waals surface area contributed by atoms with Crippen LogP contribution in [0.15, 0.2) is 24.3 Å². The molecule has 0 bridgehead atoms. The van der Waals surface area contributed by atoms with Gasteiger partial charge in [0.15, 0.2) is 0 Å². The molecule has 1 aromatic carbocycles. The first-order chi connectivity index (χ1) is 8.04. The second-order valence-electron chi connectivity index (χ2n) is 4.51. The Kier molecular flexibility index (Phi) is 5.16. The SMILES string of the molecule is CCc1ccccc1CN(CC(=O)O)C(C)C. The third kappa shape index (κ3) is 4.19. The lowest BCUT2D eigenvalue weighted by Crippen LogP contribution is -2.35. The molecule has 0 fully saturated rings. The second kappa shape index (κ2) is 6.40. The van der Waals surface area contributed by atoms with Gasteiger partial charge in [0.25, 0.3) is 0 Å². The van der Waals surface area contributed by atoms with Crippen LogP contribution in [0.4, 0.5) is 0 Å². The number of aliphatic carboxylic acids is 1. The maximum absolute atomic E-state index is 10.8. The van der Waals surface area contributed by atoms with E-state index in [-0.39, 0.29) is 12.6 Å². The van der Waals surface area contributed by atoms with Crippen molar-refractivity contribution in [3.05, 3.63) is 35.4 Å². The quantitative estimate of drug-likeness (QED) is 0.823. The van der Waals surface area contributed by atoms with Gasteiger partial charge >= 0.3 is 5.97 Å². The summed E-state index contributed by atoms with van der Waals surface area (Å²) in [6, 6.07) is 8.45. The van der Waals surface area contributed by atoms with Crippen molar-refractivity contribution in [3.8, 4) is 0 Å². The predicted molar refractivity (Wildman–Crippen MR) is 69.0 cm³/mol. The third-order valence-electron chi connectivity index (χ3n) is 2.94. The summed E-state index contributed by atoms with van der Waals surface area (Å²) in [5, 5.41) is 8.90. The Labute approximate surface area is 103 Å². The number of hydrogen-bond acceptors (Lipinski definition) is 2. The van der Waals surface area contributed by atoms with Crippen molar-refractivity contribution in [3.63, 3.8) is 0 Å². The number of hydrogen-bond donors (Lipinski definition) is 1. The highest BCUT2D eigenvalue weighted by Gasteiger charge is 2.14. The molecule has 1 N–H and O–H groups in total. The maximum Gasteiger partial charge on any atom is 0.317 e. The summed E-state index contributed by atoms with van der Waals surface area (Å²) in [4.78, 5) is 12.8. The lowest BCUT2D eigenvalue weighted by molar-refractivity contribution is -0.138. The van der Waals surface area contributed by atoms with Crippen molar-refractivity contribution >= 4 is 5.97 Å². The Morgan fingerprint density at radius 1 is 1.29 bits per heavy atom. The van der Waals surface area contributed by atoms with Gasteiger partial charge in [0.05, 0.1) is 6.54 Å². The molecule has 0 aliphatic heterocycles. The Morgan fingerprint density at radius 2 is 1.88 bits per heavy atom. The first kappa shape index (κ1) is 13.7. The first-order valence-electron chi connectivity index (χ1n) is 6.07. The number of carboxylic acids is 1. The molecular formula is C14H21NO2. The van der Waals surface area contributed by atoms with Gasteiger partial charge < -0.3 is 5.11 Å². The molecule has 0 atom stereocenters. The van der Waals surface area contributed by atoms with E-state index in [4.69, 9.17) is 5.11 Å². The van der Waals surface area contributed by atoms with Crippen LogP contribution < -0.4 is 0 Å². The molecule has 0 unspecified atom stereocenters. The third-order valence-corrected chi connectivity index (χ3v) is 2.94. The fraction of sp³-hybridized carbons (Fsp3) is 0.500. The molecule has 0 aliphatic rings. The first-order valence-corrected chi connectivity index (χ1v) is 6.07. The Hall–Kier alpha value is -1.35. The summed E-state index contributed by atoms with van der Waals surface area (Å²) in [7, 11) is 0. The van der Waals surface area contributed by atoms with Crippen LogP contribution in [0.5, 0.6) is 0 Å². The number of benzene rings is 1. The molecule has 0 saturated carbocycles. The second-order valence-corrected chi connectivity index (χ2v) is 4.51. The largest absolute Gasteiger partial charge is 0.480 e. The smallest absolute Gasteiger partial charge is 0.317 e. The van der Waals surface area contributed by atoms with Gasteiger partial charge in [-0.3, -0.25) is 9.69 Å². The van der Waals surface area contributed by atoms with Gasteiger partial charge in [-0.2, -0.15) is 0 Å². The van der Waals surface area contributed by atoms with Crippen molar-refractivity contribution in [2.75, 3.05) is 6.54 Å². The topological polar surface area (TPSA) is 40.5 Å². The van der Waals surface area contributed by atoms with Gasteiger partial charge in [-0.1, -0.05) is 31.2 Å². The van der Waals surface area contributed by atoms with Crippen LogP contribution >= 0.6 is 0 Å². The molecule has 0 aliphatic carbocycles. The number of rotatable bonds is 6. The van der Waals surface area contributed by atoms with Crippen molar-refractivity contribution in [2.24, 2.45) is 0 Å². The zero-order chi connectivity index (χ0) is 12.8. The average molecular weight is 235 g/mol. The maximum atomic E-state index is 10.8. The fourth-order valence-corrected chi connectivity index (χ4v) is 1.87. The molecule has 94 valence electrons. The predicted octanol–water partition coefficient (Wildman–Crippen LogP) is 2.54. The van der Waals surface area contributed by atoms with Crippen molar-refractivity contribution in [2.45, 2.75) is 39.8 Å². The highest BCUT2D eigenvalue weighted by molar-refractivity contribution is 5.69. The normalized spacial score (nSPS) is 11.1. The minimum absolute atomic E-state index is 0.0930. The fourth-order valence-electron chi connectivity index (χ4n) is 1.87. The van der Waals surface area contributed by atoms with Crippen LogP contribution in [-0.2, 0) is 17.8 Å². The molecular weight excluding hydrogens is 214 g/mol. The summed E-state index contributed by atoms with van der Waals surface area (Å²) < 4.78 is 0. The summed E-state index contributed by atoms with van der Waals surface area (Å²) in [6.07, 6.45) is 0.981. The van der Waals surface area contributed by atoms with Gasteiger partial charge in [-0.15, -0.1) is 0 Å². The molecule has 0 aromatic heterocycles. The molecule has 0 amide bonds. The molecule has 0 spiro atoms. The van der Waals surface area contributed by atoms with E-state index in [0.717, 1.165) is 6.42 Å². The lowest BCUT2D eigenvalue weighted by Gasteiger charge is -2.25. The molecule has 1 rings (SSSR count). The van der Waals surface area contributed by atoms with E-state index in [9.17, 15) is 4.79 Å².